The largest absolute Gasteiger partial charge is 0.481 e. The number of aliphatic carboxylic acids is 1. The second-order valence-electron chi connectivity index (χ2n) is 4.90. The van der Waals surface area contributed by atoms with Crippen LogP contribution < -0.4 is 5.32 Å². The number of ether oxygens (including phenoxy) is 2. The van der Waals surface area contributed by atoms with Crippen molar-refractivity contribution in [1.29, 1.82) is 0 Å². The van der Waals surface area contributed by atoms with Crippen LogP contribution in [0.3, 0.4) is 0 Å². The van der Waals surface area contributed by atoms with Crippen molar-refractivity contribution in [2.75, 3.05) is 25.1 Å². The van der Waals surface area contributed by atoms with E-state index in [-0.39, 0.29) is 25.0 Å². The lowest BCUT2D eigenvalue weighted by atomic mass is 10.1. The van der Waals surface area contributed by atoms with Crippen LogP contribution in [0.2, 0.25) is 0 Å². The molecule has 0 saturated carbocycles. The number of amides is 1. The van der Waals surface area contributed by atoms with Crippen LogP contribution in [0.4, 0.5) is 5.69 Å². The van der Waals surface area contributed by atoms with Crippen molar-refractivity contribution in [2.24, 2.45) is 0 Å². The first-order chi connectivity index (χ1) is 10.1. The van der Waals surface area contributed by atoms with Gasteiger partial charge in [0.15, 0.2) is 0 Å². The zero-order valence-corrected chi connectivity index (χ0v) is 11.7. The number of para-hydroxylation sites is 1. The van der Waals surface area contributed by atoms with E-state index in [1.807, 2.05) is 0 Å². The molecule has 0 atom stereocenters. The third-order valence-electron chi connectivity index (χ3n) is 3.25. The van der Waals surface area contributed by atoms with Crippen LogP contribution in [0.1, 0.15) is 18.4 Å². The summed E-state index contributed by atoms with van der Waals surface area (Å²) >= 11 is 0. The van der Waals surface area contributed by atoms with Gasteiger partial charge in [-0.1, -0.05) is 18.2 Å². The minimum absolute atomic E-state index is 0.0356. The molecule has 0 unspecified atom stereocenters. The normalized spacial score (nSPS) is 15.6. The number of carbonyl (C=O) groups is 2. The molecule has 0 radical (unpaired) electrons. The smallest absolute Gasteiger partial charge is 0.307 e. The number of benzene rings is 1. The second kappa shape index (κ2) is 7.75. The van der Waals surface area contributed by atoms with Crippen molar-refractivity contribution in [2.45, 2.75) is 25.4 Å². The molecule has 0 bridgehead atoms. The number of anilines is 1. The molecule has 1 amide bonds. The molecule has 0 aliphatic carbocycles. The highest BCUT2D eigenvalue weighted by Gasteiger charge is 2.16. The van der Waals surface area contributed by atoms with Gasteiger partial charge in [-0.25, -0.2) is 0 Å². The van der Waals surface area contributed by atoms with E-state index in [2.05, 4.69) is 5.32 Å². The Morgan fingerprint density at radius 2 is 2.00 bits per heavy atom. The van der Waals surface area contributed by atoms with E-state index in [9.17, 15) is 9.59 Å². The maximum atomic E-state index is 11.9. The van der Waals surface area contributed by atoms with Crippen molar-refractivity contribution >= 4 is 17.6 Å². The van der Waals surface area contributed by atoms with E-state index < -0.39 is 5.97 Å². The predicted octanol–water partition coefficient (Wildman–Crippen LogP) is 1.45. The van der Waals surface area contributed by atoms with E-state index in [0.29, 0.717) is 24.5 Å². The maximum absolute atomic E-state index is 11.9. The standard InChI is InChI=1S/C15H19NO5/c17-14(10-21-12-5-7-20-8-6-12)16-13-4-2-1-3-11(13)9-15(18)19/h1-4,12H,5-10H2,(H,16,17)(H,18,19). The van der Waals surface area contributed by atoms with E-state index in [1.165, 1.54) is 0 Å². The van der Waals surface area contributed by atoms with Crippen LogP contribution in [0.5, 0.6) is 0 Å². The molecular formula is C15H19NO5. The van der Waals surface area contributed by atoms with Crippen molar-refractivity contribution in [3.05, 3.63) is 29.8 Å². The number of carbonyl (C=O) groups excluding carboxylic acids is 1. The summed E-state index contributed by atoms with van der Waals surface area (Å²) in [5.74, 6) is -1.21. The highest BCUT2D eigenvalue weighted by Crippen LogP contribution is 2.16. The summed E-state index contributed by atoms with van der Waals surface area (Å²) in [6, 6.07) is 6.86. The molecule has 1 aromatic rings. The predicted molar refractivity (Wildman–Crippen MR) is 76.2 cm³/mol. The summed E-state index contributed by atoms with van der Waals surface area (Å²) in [6.45, 7) is 1.29. The van der Waals surface area contributed by atoms with Gasteiger partial charge in [0, 0.05) is 18.9 Å². The fourth-order valence-electron chi connectivity index (χ4n) is 2.18. The third-order valence-corrected chi connectivity index (χ3v) is 3.25. The summed E-state index contributed by atoms with van der Waals surface area (Å²) < 4.78 is 10.7. The van der Waals surface area contributed by atoms with E-state index in [0.717, 1.165) is 12.8 Å². The van der Waals surface area contributed by atoms with Gasteiger partial charge in [-0.2, -0.15) is 0 Å². The first-order valence-corrected chi connectivity index (χ1v) is 6.94. The zero-order valence-electron chi connectivity index (χ0n) is 11.7. The summed E-state index contributed by atoms with van der Waals surface area (Å²) in [5, 5.41) is 11.5. The Bertz CT molecular complexity index is 497. The van der Waals surface area contributed by atoms with Crippen molar-refractivity contribution in [1.82, 2.24) is 0 Å². The fraction of sp³-hybridized carbons (Fsp3) is 0.467. The third kappa shape index (κ3) is 5.17. The first kappa shape index (κ1) is 15.5. The van der Waals surface area contributed by atoms with Gasteiger partial charge in [0.1, 0.15) is 6.61 Å². The van der Waals surface area contributed by atoms with Crippen molar-refractivity contribution in [3.8, 4) is 0 Å². The summed E-state index contributed by atoms with van der Waals surface area (Å²) in [7, 11) is 0. The molecule has 0 spiro atoms. The topological polar surface area (TPSA) is 84.9 Å². The molecule has 6 heteroatoms. The fourth-order valence-corrected chi connectivity index (χ4v) is 2.18. The minimum atomic E-state index is -0.935. The van der Waals surface area contributed by atoms with Gasteiger partial charge < -0.3 is 19.9 Å². The van der Waals surface area contributed by atoms with Crippen LogP contribution in [-0.4, -0.2) is 42.9 Å². The molecule has 6 nitrogen and oxygen atoms in total. The average molecular weight is 293 g/mol. The lowest BCUT2D eigenvalue weighted by Crippen LogP contribution is -2.28. The van der Waals surface area contributed by atoms with Crippen LogP contribution in [-0.2, 0) is 25.5 Å². The summed E-state index contributed by atoms with van der Waals surface area (Å²) in [5.41, 5.74) is 1.09. The monoisotopic (exact) mass is 293 g/mol. The minimum Gasteiger partial charge on any atom is -0.481 e. The first-order valence-electron chi connectivity index (χ1n) is 6.94. The molecular weight excluding hydrogens is 274 g/mol. The molecule has 21 heavy (non-hydrogen) atoms. The number of hydrogen-bond acceptors (Lipinski definition) is 4. The van der Waals surface area contributed by atoms with Gasteiger partial charge in [0.2, 0.25) is 5.91 Å². The van der Waals surface area contributed by atoms with E-state index in [1.54, 1.807) is 24.3 Å². The molecule has 1 aliphatic heterocycles. The lowest BCUT2D eigenvalue weighted by Gasteiger charge is -2.22. The number of nitrogens with one attached hydrogen (secondary N) is 1. The molecule has 1 heterocycles. The average Bonchev–Trinajstić information content (AvgIpc) is 2.48. The van der Waals surface area contributed by atoms with Crippen LogP contribution >= 0.6 is 0 Å². The Morgan fingerprint density at radius 1 is 1.29 bits per heavy atom. The molecule has 114 valence electrons. The summed E-state index contributed by atoms with van der Waals surface area (Å²) in [4.78, 5) is 22.7. The van der Waals surface area contributed by atoms with Gasteiger partial charge in [-0.05, 0) is 24.5 Å². The van der Waals surface area contributed by atoms with Gasteiger partial charge in [-0.3, -0.25) is 9.59 Å². The van der Waals surface area contributed by atoms with E-state index in [4.69, 9.17) is 14.6 Å². The molecule has 1 aliphatic rings. The van der Waals surface area contributed by atoms with Gasteiger partial charge in [0.25, 0.3) is 0 Å². The van der Waals surface area contributed by atoms with Crippen molar-refractivity contribution in [3.63, 3.8) is 0 Å². The highest BCUT2D eigenvalue weighted by molar-refractivity contribution is 5.93. The Balaban J connectivity index is 1.85. The quantitative estimate of drug-likeness (QED) is 0.829. The Labute approximate surface area is 123 Å². The molecule has 0 aromatic heterocycles. The van der Waals surface area contributed by atoms with Gasteiger partial charge in [0.05, 0.1) is 12.5 Å². The molecule has 2 rings (SSSR count). The molecule has 2 N–H and O–H groups in total. The van der Waals surface area contributed by atoms with Crippen LogP contribution in [0.25, 0.3) is 0 Å². The summed E-state index contributed by atoms with van der Waals surface area (Å²) in [6.07, 6.45) is 1.52. The number of carboxylic acids is 1. The zero-order chi connectivity index (χ0) is 15.1. The van der Waals surface area contributed by atoms with Crippen molar-refractivity contribution < 1.29 is 24.2 Å². The molecule has 1 fully saturated rings. The number of rotatable bonds is 6. The lowest BCUT2D eigenvalue weighted by molar-refractivity contribution is -0.136. The van der Waals surface area contributed by atoms with Gasteiger partial charge in [-0.15, -0.1) is 0 Å². The Kier molecular flexibility index (Phi) is 5.71. The van der Waals surface area contributed by atoms with E-state index >= 15 is 0 Å². The highest BCUT2D eigenvalue weighted by atomic mass is 16.5. The number of carboxylic acid groups (broad SMARTS) is 1. The SMILES string of the molecule is O=C(O)Cc1ccccc1NC(=O)COC1CCOCC1. The second-order valence-corrected chi connectivity index (χ2v) is 4.90. The van der Waals surface area contributed by atoms with Gasteiger partial charge >= 0.3 is 5.97 Å². The number of hydrogen-bond donors (Lipinski definition) is 2. The molecule has 1 saturated heterocycles. The Morgan fingerprint density at radius 3 is 2.71 bits per heavy atom. The van der Waals surface area contributed by atoms with Crippen LogP contribution in [0, 0.1) is 0 Å². The molecule has 1 aromatic carbocycles. The Hall–Kier alpha value is -1.92. The maximum Gasteiger partial charge on any atom is 0.307 e. The van der Waals surface area contributed by atoms with Crippen LogP contribution in [0.15, 0.2) is 24.3 Å².